The number of carbonyl (C=O) groups is 1. The molecule has 0 aliphatic carbocycles. The standard InChI is InChI=1S/C16H12ClNO/c1-11-9-13-7-8-14(17)10-15(13)18(11)16(19)12-5-3-2-4-6-12/h2-10H,1H3. The van der Waals surface area contributed by atoms with Crippen LogP contribution in [0.25, 0.3) is 10.9 Å². The fourth-order valence-corrected chi connectivity index (χ4v) is 2.46. The Hall–Kier alpha value is -2.06. The first kappa shape index (κ1) is 12.0. The Balaban J connectivity index is 2.22. The molecule has 0 saturated carbocycles. The minimum atomic E-state index is -0.0321. The third-order valence-electron chi connectivity index (χ3n) is 3.17. The van der Waals surface area contributed by atoms with Gasteiger partial charge in [-0.3, -0.25) is 9.36 Å². The van der Waals surface area contributed by atoms with Gasteiger partial charge in [0.1, 0.15) is 0 Å². The van der Waals surface area contributed by atoms with Crippen molar-refractivity contribution in [2.75, 3.05) is 0 Å². The van der Waals surface area contributed by atoms with Gasteiger partial charge in [-0.25, -0.2) is 0 Å². The lowest BCUT2D eigenvalue weighted by atomic mass is 10.2. The molecule has 3 rings (SSSR count). The van der Waals surface area contributed by atoms with Gasteiger partial charge in [0, 0.05) is 21.7 Å². The number of rotatable bonds is 1. The van der Waals surface area contributed by atoms with E-state index in [1.807, 2.05) is 61.5 Å². The molecule has 0 saturated heterocycles. The molecule has 0 amide bonds. The molecule has 0 N–H and O–H groups in total. The van der Waals surface area contributed by atoms with Crippen LogP contribution in [0.2, 0.25) is 5.02 Å². The van der Waals surface area contributed by atoms with Crippen LogP contribution in [0.3, 0.4) is 0 Å². The van der Waals surface area contributed by atoms with Crippen LogP contribution in [0.4, 0.5) is 0 Å². The van der Waals surface area contributed by atoms with Gasteiger partial charge in [0.2, 0.25) is 0 Å². The van der Waals surface area contributed by atoms with Crippen LogP contribution in [0.1, 0.15) is 16.1 Å². The Morgan fingerprint density at radius 1 is 1.05 bits per heavy atom. The number of aromatic nitrogens is 1. The molecule has 1 heterocycles. The number of hydrogen-bond acceptors (Lipinski definition) is 1. The second-order valence-electron chi connectivity index (χ2n) is 4.50. The minimum absolute atomic E-state index is 0.0321. The van der Waals surface area contributed by atoms with Gasteiger partial charge in [0.15, 0.2) is 0 Å². The highest BCUT2D eigenvalue weighted by Crippen LogP contribution is 2.24. The lowest BCUT2D eigenvalue weighted by Gasteiger charge is -2.07. The third-order valence-corrected chi connectivity index (χ3v) is 3.41. The second kappa shape index (κ2) is 4.56. The van der Waals surface area contributed by atoms with Gasteiger partial charge in [-0.1, -0.05) is 35.9 Å². The summed E-state index contributed by atoms with van der Waals surface area (Å²) in [5, 5.41) is 1.65. The van der Waals surface area contributed by atoms with Crippen LogP contribution < -0.4 is 0 Å². The number of halogens is 1. The van der Waals surface area contributed by atoms with E-state index in [-0.39, 0.29) is 5.91 Å². The SMILES string of the molecule is Cc1cc2ccc(Cl)cc2n1C(=O)c1ccccc1. The highest BCUT2D eigenvalue weighted by atomic mass is 35.5. The predicted molar refractivity (Wildman–Crippen MR) is 77.9 cm³/mol. The van der Waals surface area contributed by atoms with E-state index in [2.05, 4.69) is 0 Å². The summed E-state index contributed by atoms with van der Waals surface area (Å²) in [6.45, 7) is 1.93. The summed E-state index contributed by atoms with van der Waals surface area (Å²) in [4.78, 5) is 12.6. The van der Waals surface area contributed by atoms with E-state index >= 15 is 0 Å². The Labute approximate surface area is 116 Å². The van der Waals surface area contributed by atoms with E-state index in [9.17, 15) is 4.79 Å². The van der Waals surface area contributed by atoms with Gasteiger partial charge >= 0.3 is 0 Å². The Kier molecular flexibility index (Phi) is 2.88. The van der Waals surface area contributed by atoms with Crippen molar-refractivity contribution in [3.8, 4) is 0 Å². The smallest absolute Gasteiger partial charge is 0.262 e. The van der Waals surface area contributed by atoms with E-state index in [0.717, 1.165) is 16.6 Å². The minimum Gasteiger partial charge on any atom is -0.280 e. The topological polar surface area (TPSA) is 22.0 Å². The quantitative estimate of drug-likeness (QED) is 0.646. The van der Waals surface area contributed by atoms with Gasteiger partial charge < -0.3 is 0 Å². The molecular weight excluding hydrogens is 258 g/mol. The molecule has 0 fully saturated rings. The first-order valence-electron chi connectivity index (χ1n) is 6.04. The molecule has 2 nitrogen and oxygen atoms in total. The molecule has 2 aromatic carbocycles. The molecular formula is C16H12ClNO. The Bertz CT molecular complexity index is 759. The molecule has 1 aromatic heterocycles. The fraction of sp³-hybridized carbons (Fsp3) is 0.0625. The first-order valence-corrected chi connectivity index (χ1v) is 6.42. The summed E-state index contributed by atoms with van der Waals surface area (Å²) in [6.07, 6.45) is 0. The van der Waals surface area contributed by atoms with Crippen LogP contribution in [0.15, 0.2) is 54.6 Å². The third kappa shape index (κ3) is 2.04. The molecule has 3 heteroatoms. The van der Waals surface area contributed by atoms with Crippen molar-refractivity contribution in [2.45, 2.75) is 6.92 Å². The van der Waals surface area contributed by atoms with E-state index in [0.29, 0.717) is 10.6 Å². The van der Waals surface area contributed by atoms with Gasteiger partial charge in [0.25, 0.3) is 5.91 Å². The summed E-state index contributed by atoms with van der Waals surface area (Å²) in [5.41, 5.74) is 2.42. The monoisotopic (exact) mass is 269 g/mol. The van der Waals surface area contributed by atoms with Crippen molar-refractivity contribution < 1.29 is 4.79 Å². The van der Waals surface area contributed by atoms with E-state index in [4.69, 9.17) is 11.6 Å². The van der Waals surface area contributed by atoms with Gasteiger partial charge in [-0.05, 0) is 37.3 Å². The molecule has 94 valence electrons. The van der Waals surface area contributed by atoms with Gasteiger partial charge in [-0.15, -0.1) is 0 Å². The maximum absolute atomic E-state index is 12.6. The van der Waals surface area contributed by atoms with E-state index in [1.165, 1.54) is 0 Å². The maximum atomic E-state index is 12.6. The van der Waals surface area contributed by atoms with Crippen LogP contribution in [0.5, 0.6) is 0 Å². The normalized spacial score (nSPS) is 10.8. The van der Waals surface area contributed by atoms with Gasteiger partial charge in [-0.2, -0.15) is 0 Å². The van der Waals surface area contributed by atoms with Crippen molar-refractivity contribution in [3.63, 3.8) is 0 Å². The lowest BCUT2D eigenvalue weighted by molar-refractivity contribution is 0.0963. The Morgan fingerprint density at radius 2 is 1.79 bits per heavy atom. The van der Waals surface area contributed by atoms with Crippen molar-refractivity contribution in [1.82, 2.24) is 4.57 Å². The van der Waals surface area contributed by atoms with Crippen LogP contribution in [-0.4, -0.2) is 10.5 Å². The number of hydrogen-bond donors (Lipinski definition) is 0. The van der Waals surface area contributed by atoms with E-state index in [1.54, 1.807) is 4.57 Å². The molecule has 0 aliphatic heterocycles. The zero-order valence-corrected chi connectivity index (χ0v) is 11.2. The summed E-state index contributed by atoms with van der Waals surface area (Å²) in [5.74, 6) is -0.0321. The number of aryl methyl sites for hydroxylation is 1. The van der Waals surface area contributed by atoms with Crippen molar-refractivity contribution in [3.05, 3.63) is 70.9 Å². The molecule has 0 aliphatic rings. The predicted octanol–water partition coefficient (Wildman–Crippen LogP) is 4.29. The maximum Gasteiger partial charge on any atom is 0.262 e. The molecule has 19 heavy (non-hydrogen) atoms. The summed E-state index contributed by atoms with van der Waals surface area (Å²) in [7, 11) is 0. The molecule has 0 radical (unpaired) electrons. The number of benzene rings is 2. The first-order chi connectivity index (χ1) is 9.16. The van der Waals surface area contributed by atoms with Crippen molar-refractivity contribution in [1.29, 1.82) is 0 Å². The molecule has 0 spiro atoms. The average Bonchev–Trinajstić information content (AvgIpc) is 2.74. The van der Waals surface area contributed by atoms with Crippen LogP contribution >= 0.6 is 11.6 Å². The largest absolute Gasteiger partial charge is 0.280 e. The number of carbonyl (C=O) groups excluding carboxylic acids is 1. The molecule has 0 atom stereocenters. The Morgan fingerprint density at radius 3 is 2.53 bits per heavy atom. The van der Waals surface area contributed by atoms with Crippen LogP contribution in [-0.2, 0) is 0 Å². The zero-order chi connectivity index (χ0) is 13.4. The fourth-order valence-electron chi connectivity index (χ4n) is 2.29. The zero-order valence-electron chi connectivity index (χ0n) is 10.4. The van der Waals surface area contributed by atoms with Gasteiger partial charge in [0.05, 0.1) is 5.52 Å². The summed E-state index contributed by atoms with van der Waals surface area (Å²) < 4.78 is 1.70. The highest BCUT2D eigenvalue weighted by molar-refractivity contribution is 6.31. The molecule has 0 bridgehead atoms. The molecule has 0 unspecified atom stereocenters. The van der Waals surface area contributed by atoms with E-state index < -0.39 is 0 Å². The average molecular weight is 270 g/mol. The summed E-state index contributed by atoms with van der Waals surface area (Å²) in [6, 6.07) is 16.8. The second-order valence-corrected chi connectivity index (χ2v) is 4.93. The molecule has 3 aromatic rings. The van der Waals surface area contributed by atoms with Crippen molar-refractivity contribution >= 4 is 28.4 Å². The van der Waals surface area contributed by atoms with Crippen LogP contribution in [0, 0.1) is 6.92 Å². The van der Waals surface area contributed by atoms with Crippen molar-refractivity contribution in [2.24, 2.45) is 0 Å². The summed E-state index contributed by atoms with van der Waals surface area (Å²) >= 11 is 6.03. The number of nitrogens with zero attached hydrogens (tertiary/aromatic N) is 1. The number of fused-ring (bicyclic) bond motifs is 1. The highest BCUT2D eigenvalue weighted by Gasteiger charge is 2.14. The lowest BCUT2D eigenvalue weighted by Crippen LogP contribution is -2.12.